The van der Waals surface area contributed by atoms with Gasteiger partial charge in [-0.2, -0.15) is 9.41 Å². The van der Waals surface area contributed by atoms with Crippen LogP contribution in [0, 0.1) is 10.1 Å². The quantitative estimate of drug-likeness (QED) is 0.334. The number of hydrogen-bond donors (Lipinski definition) is 2. The van der Waals surface area contributed by atoms with Crippen molar-refractivity contribution in [2.45, 2.75) is 16.7 Å². The van der Waals surface area contributed by atoms with E-state index in [-0.39, 0.29) is 23.7 Å². The Labute approximate surface area is 184 Å². The Morgan fingerprint density at radius 3 is 2.25 bits per heavy atom. The summed E-state index contributed by atoms with van der Waals surface area (Å²) in [5.74, 6) is 0. The van der Waals surface area contributed by atoms with Gasteiger partial charge in [0, 0.05) is 19.2 Å². The number of morpholine rings is 1. The van der Waals surface area contributed by atoms with Crippen LogP contribution >= 0.6 is 0 Å². The van der Waals surface area contributed by atoms with Crippen molar-refractivity contribution < 1.29 is 26.5 Å². The standard InChI is InChI=1S/C18H21N5O7S2/c1-13(20-21-17-7-6-16(31(19,26)27)12-18(17)23(24)25)14-2-4-15(5-3-14)32(28,29)22-8-10-30-11-9-22/h2-7,12,21H,8-11H2,1H3,(H2,19,26,27)/b20-13+. The summed E-state index contributed by atoms with van der Waals surface area (Å²) in [5, 5.41) is 20.4. The first kappa shape index (κ1) is 23.7. The third-order valence-electron chi connectivity index (χ3n) is 4.72. The summed E-state index contributed by atoms with van der Waals surface area (Å²) in [6.45, 7) is 2.90. The van der Waals surface area contributed by atoms with Crippen LogP contribution < -0.4 is 10.6 Å². The van der Waals surface area contributed by atoms with Gasteiger partial charge in [-0.25, -0.2) is 22.0 Å². The van der Waals surface area contributed by atoms with Crippen LogP contribution in [0.2, 0.25) is 0 Å². The van der Waals surface area contributed by atoms with Crippen molar-refractivity contribution in [2.24, 2.45) is 10.2 Å². The van der Waals surface area contributed by atoms with E-state index in [4.69, 9.17) is 9.88 Å². The summed E-state index contributed by atoms with van der Waals surface area (Å²) in [6.07, 6.45) is 0. The van der Waals surface area contributed by atoms with E-state index in [0.717, 1.165) is 12.1 Å². The van der Waals surface area contributed by atoms with E-state index in [2.05, 4.69) is 10.5 Å². The number of nitrogens with one attached hydrogen (secondary N) is 1. The summed E-state index contributed by atoms with van der Waals surface area (Å²) < 4.78 is 54.8. The van der Waals surface area contributed by atoms with E-state index in [1.54, 1.807) is 19.1 Å². The fourth-order valence-corrected chi connectivity index (χ4v) is 4.89. The van der Waals surface area contributed by atoms with Crippen LogP contribution in [-0.2, 0) is 24.8 Å². The molecule has 0 saturated carbocycles. The molecule has 3 N–H and O–H groups in total. The summed E-state index contributed by atoms with van der Waals surface area (Å²) in [5.41, 5.74) is 3.00. The highest BCUT2D eigenvalue weighted by atomic mass is 32.2. The van der Waals surface area contributed by atoms with Gasteiger partial charge in [-0.3, -0.25) is 15.5 Å². The minimum atomic E-state index is -4.10. The van der Waals surface area contributed by atoms with Gasteiger partial charge in [0.2, 0.25) is 20.0 Å². The molecule has 0 spiro atoms. The molecule has 1 aliphatic rings. The monoisotopic (exact) mass is 483 g/mol. The highest BCUT2D eigenvalue weighted by Crippen LogP contribution is 2.27. The molecule has 0 amide bonds. The Balaban J connectivity index is 1.80. The van der Waals surface area contributed by atoms with E-state index in [1.165, 1.54) is 22.5 Å². The van der Waals surface area contributed by atoms with E-state index in [1.807, 2.05) is 0 Å². The number of nitro groups is 1. The molecule has 2 aromatic carbocycles. The Bertz CT molecular complexity index is 1250. The first-order valence-electron chi connectivity index (χ1n) is 9.30. The van der Waals surface area contributed by atoms with Gasteiger partial charge < -0.3 is 4.74 Å². The number of nitro benzene ring substituents is 1. The summed E-state index contributed by atoms with van der Waals surface area (Å²) in [7, 11) is -7.73. The average Bonchev–Trinajstić information content (AvgIpc) is 2.77. The van der Waals surface area contributed by atoms with Crippen molar-refractivity contribution in [3.8, 4) is 0 Å². The van der Waals surface area contributed by atoms with Crippen LogP contribution in [0.25, 0.3) is 0 Å². The number of benzene rings is 2. The van der Waals surface area contributed by atoms with Gasteiger partial charge in [-0.1, -0.05) is 12.1 Å². The van der Waals surface area contributed by atoms with Crippen molar-refractivity contribution in [2.75, 3.05) is 31.7 Å². The van der Waals surface area contributed by atoms with E-state index in [9.17, 15) is 26.9 Å². The predicted octanol–water partition coefficient (Wildman–Crippen LogP) is 1.10. The molecule has 0 unspecified atom stereocenters. The number of hydrazone groups is 1. The Morgan fingerprint density at radius 1 is 1.09 bits per heavy atom. The second-order valence-corrected chi connectivity index (χ2v) is 10.3. The SMILES string of the molecule is C/C(=N\Nc1ccc(S(N)(=O)=O)cc1[N+](=O)[O-])c1ccc(S(=O)(=O)N2CCOCC2)cc1. The van der Waals surface area contributed by atoms with Crippen molar-refractivity contribution in [1.29, 1.82) is 0 Å². The predicted molar refractivity (Wildman–Crippen MR) is 116 cm³/mol. The number of nitrogens with zero attached hydrogens (tertiary/aromatic N) is 3. The third kappa shape index (κ3) is 5.28. The molecule has 1 aliphatic heterocycles. The summed E-state index contributed by atoms with van der Waals surface area (Å²) in [6, 6.07) is 9.23. The third-order valence-corrected chi connectivity index (χ3v) is 7.54. The number of rotatable bonds is 7. The minimum absolute atomic E-state index is 0.0340. The van der Waals surface area contributed by atoms with Crippen molar-refractivity contribution in [1.82, 2.24) is 4.31 Å². The van der Waals surface area contributed by atoms with Crippen LogP contribution in [0.4, 0.5) is 11.4 Å². The van der Waals surface area contributed by atoms with Gasteiger partial charge in [0.05, 0.1) is 33.6 Å². The largest absolute Gasteiger partial charge is 0.379 e. The summed E-state index contributed by atoms with van der Waals surface area (Å²) in [4.78, 5) is 10.3. The summed E-state index contributed by atoms with van der Waals surface area (Å²) >= 11 is 0. The number of sulfonamides is 2. The maximum Gasteiger partial charge on any atom is 0.295 e. The van der Waals surface area contributed by atoms with E-state index in [0.29, 0.717) is 24.5 Å². The number of anilines is 1. The second-order valence-electron chi connectivity index (χ2n) is 6.83. The molecule has 14 heteroatoms. The lowest BCUT2D eigenvalue weighted by atomic mass is 10.1. The van der Waals surface area contributed by atoms with Gasteiger partial charge in [0.25, 0.3) is 5.69 Å². The number of hydrogen-bond acceptors (Lipinski definition) is 9. The number of nitrogens with two attached hydrogens (primary N) is 1. The van der Waals surface area contributed by atoms with Crippen LogP contribution in [0.1, 0.15) is 12.5 Å². The van der Waals surface area contributed by atoms with Gasteiger partial charge in [-0.15, -0.1) is 0 Å². The van der Waals surface area contributed by atoms with Gasteiger partial charge in [-0.05, 0) is 36.8 Å². The second kappa shape index (κ2) is 9.30. The fraction of sp³-hybridized carbons (Fsp3) is 0.278. The molecule has 32 heavy (non-hydrogen) atoms. The molecule has 2 aromatic rings. The van der Waals surface area contributed by atoms with E-state index < -0.39 is 35.6 Å². The highest BCUT2D eigenvalue weighted by Gasteiger charge is 2.26. The highest BCUT2D eigenvalue weighted by molar-refractivity contribution is 7.89. The molecular weight excluding hydrogens is 462 g/mol. The zero-order valence-corrected chi connectivity index (χ0v) is 18.6. The Morgan fingerprint density at radius 2 is 1.69 bits per heavy atom. The molecule has 0 bridgehead atoms. The first-order chi connectivity index (χ1) is 15.0. The molecule has 3 rings (SSSR count). The topological polar surface area (TPSA) is 174 Å². The van der Waals surface area contributed by atoms with Crippen LogP contribution in [-0.4, -0.2) is 58.1 Å². The molecule has 1 fully saturated rings. The molecule has 0 aliphatic carbocycles. The molecule has 1 heterocycles. The van der Waals surface area contributed by atoms with Gasteiger partial charge in [0.1, 0.15) is 5.69 Å². The Hall–Kier alpha value is -2.91. The average molecular weight is 484 g/mol. The minimum Gasteiger partial charge on any atom is -0.379 e. The molecule has 1 saturated heterocycles. The lowest BCUT2D eigenvalue weighted by Crippen LogP contribution is -2.40. The Kier molecular flexibility index (Phi) is 6.90. The van der Waals surface area contributed by atoms with Crippen molar-refractivity contribution in [3.05, 3.63) is 58.1 Å². The fourth-order valence-electron chi connectivity index (χ4n) is 2.95. The first-order valence-corrected chi connectivity index (χ1v) is 12.3. The van der Waals surface area contributed by atoms with E-state index >= 15 is 0 Å². The van der Waals surface area contributed by atoms with Gasteiger partial charge >= 0.3 is 0 Å². The number of ether oxygens (including phenoxy) is 1. The van der Waals surface area contributed by atoms with Crippen molar-refractivity contribution >= 4 is 37.1 Å². The zero-order valence-electron chi connectivity index (χ0n) is 17.0. The van der Waals surface area contributed by atoms with Crippen molar-refractivity contribution in [3.63, 3.8) is 0 Å². The van der Waals surface area contributed by atoms with Crippen LogP contribution in [0.15, 0.2) is 57.4 Å². The maximum absolute atomic E-state index is 12.7. The molecule has 0 atom stereocenters. The smallest absolute Gasteiger partial charge is 0.295 e. The normalized spacial score (nSPS) is 16.0. The van der Waals surface area contributed by atoms with Gasteiger partial charge in [0.15, 0.2) is 0 Å². The maximum atomic E-state index is 12.7. The van der Waals surface area contributed by atoms with Crippen LogP contribution in [0.5, 0.6) is 0 Å². The zero-order chi connectivity index (χ0) is 23.5. The lowest BCUT2D eigenvalue weighted by molar-refractivity contribution is -0.384. The molecule has 0 aromatic heterocycles. The molecule has 12 nitrogen and oxygen atoms in total. The number of primary sulfonamides is 1. The lowest BCUT2D eigenvalue weighted by Gasteiger charge is -2.26. The molecule has 0 radical (unpaired) electrons. The van der Waals surface area contributed by atoms with Crippen LogP contribution in [0.3, 0.4) is 0 Å². The molecular formula is C18H21N5O7S2. The molecule has 172 valence electrons.